The standard InChI is InChI=1S/C22H25N3O3S/c1-14-11-15(2)20-16(12-14)23-22(29-20)25(10-9-24(3)4)21(26)19-13-27-17-7-5-6-8-18(17)28-19/h5-8,11-12,19H,9-10,13H2,1-4H3/p+1/t19-/m1/s1. The maximum atomic E-state index is 13.4. The molecule has 0 unspecified atom stereocenters. The van der Waals surface area contributed by atoms with Gasteiger partial charge in [0.2, 0.25) is 6.10 Å². The van der Waals surface area contributed by atoms with E-state index in [0.717, 1.165) is 16.8 Å². The molecule has 1 N–H and O–H groups in total. The predicted molar refractivity (Wildman–Crippen MR) is 115 cm³/mol. The van der Waals surface area contributed by atoms with Crippen LogP contribution in [0.1, 0.15) is 11.1 Å². The molecule has 0 saturated carbocycles. The molecule has 7 heteroatoms. The molecule has 2 heterocycles. The van der Waals surface area contributed by atoms with Crippen molar-refractivity contribution in [2.45, 2.75) is 20.0 Å². The van der Waals surface area contributed by atoms with Crippen molar-refractivity contribution in [3.63, 3.8) is 0 Å². The van der Waals surface area contributed by atoms with Crippen LogP contribution in [-0.2, 0) is 4.79 Å². The maximum Gasteiger partial charge on any atom is 0.273 e. The van der Waals surface area contributed by atoms with Crippen molar-refractivity contribution in [2.75, 3.05) is 38.7 Å². The summed E-state index contributed by atoms with van der Waals surface area (Å²) >= 11 is 1.56. The number of nitrogens with zero attached hydrogens (tertiary/aromatic N) is 2. The van der Waals surface area contributed by atoms with Crippen LogP contribution >= 0.6 is 11.3 Å². The first-order chi connectivity index (χ1) is 13.9. The van der Waals surface area contributed by atoms with E-state index in [9.17, 15) is 4.79 Å². The smallest absolute Gasteiger partial charge is 0.273 e. The van der Waals surface area contributed by atoms with E-state index in [1.807, 2.05) is 24.3 Å². The fraction of sp³-hybridized carbons (Fsp3) is 0.364. The number of amides is 1. The van der Waals surface area contributed by atoms with E-state index < -0.39 is 6.10 Å². The Kier molecular flexibility index (Phi) is 5.43. The Morgan fingerprint density at radius 1 is 1.24 bits per heavy atom. The van der Waals surface area contributed by atoms with Crippen LogP contribution in [0.25, 0.3) is 10.2 Å². The van der Waals surface area contributed by atoms with Gasteiger partial charge in [0.15, 0.2) is 16.6 Å². The maximum absolute atomic E-state index is 13.4. The highest BCUT2D eigenvalue weighted by molar-refractivity contribution is 7.22. The minimum atomic E-state index is -0.683. The van der Waals surface area contributed by atoms with Crippen molar-refractivity contribution in [1.82, 2.24) is 4.98 Å². The molecular weight excluding hydrogens is 386 g/mol. The highest BCUT2D eigenvalue weighted by Gasteiger charge is 2.33. The number of benzene rings is 2. The highest BCUT2D eigenvalue weighted by atomic mass is 32.1. The van der Waals surface area contributed by atoms with Gasteiger partial charge in [0.05, 0.1) is 37.4 Å². The van der Waals surface area contributed by atoms with Gasteiger partial charge in [-0.05, 0) is 43.2 Å². The van der Waals surface area contributed by atoms with E-state index in [1.54, 1.807) is 16.2 Å². The number of carbonyl (C=O) groups excluding carboxylic acids is 1. The number of hydrogen-bond donors (Lipinski definition) is 1. The minimum Gasteiger partial charge on any atom is -0.485 e. The number of thiazole rings is 1. The molecule has 1 aliphatic rings. The summed E-state index contributed by atoms with van der Waals surface area (Å²) in [5.41, 5.74) is 3.28. The Morgan fingerprint density at radius 3 is 2.76 bits per heavy atom. The van der Waals surface area contributed by atoms with Gasteiger partial charge in [-0.2, -0.15) is 0 Å². The molecule has 1 aliphatic heterocycles. The van der Waals surface area contributed by atoms with Crippen molar-refractivity contribution >= 4 is 32.6 Å². The van der Waals surface area contributed by atoms with Crippen molar-refractivity contribution in [3.8, 4) is 11.5 Å². The molecule has 1 aromatic heterocycles. The van der Waals surface area contributed by atoms with Gasteiger partial charge in [0.25, 0.3) is 5.91 Å². The number of hydrogen-bond acceptors (Lipinski definition) is 5. The van der Waals surface area contributed by atoms with Crippen molar-refractivity contribution in [2.24, 2.45) is 0 Å². The number of rotatable bonds is 5. The Balaban J connectivity index is 1.65. The quantitative estimate of drug-likeness (QED) is 0.698. The lowest BCUT2D eigenvalue weighted by Gasteiger charge is -2.29. The summed E-state index contributed by atoms with van der Waals surface area (Å²) in [6, 6.07) is 11.7. The number of nitrogens with one attached hydrogen (secondary N) is 1. The minimum absolute atomic E-state index is 0.116. The number of para-hydroxylation sites is 2. The number of carbonyl (C=O) groups is 1. The summed E-state index contributed by atoms with van der Waals surface area (Å²) in [5, 5.41) is 0.711. The molecule has 0 saturated heterocycles. The van der Waals surface area contributed by atoms with Crippen LogP contribution in [0.15, 0.2) is 36.4 Å². The number of quaternary nitrogens is 1. The first kappa shape index (κ1) is 19.7. The monoisotopic (exact) mass is 412 g/mol. The third kappa shape index (κ3) is 4.06. The summed E-state index contributed by atoms with van der Waals surface area (Å²) in [5.74, 6) is 1.16. The van der Waals surface area contributed by atoms with Gasteiger partial charge >= 0.3 is 0 Å². The van der Waals surface area contributed by atoms with Gasteiger partial charge in [-0.3, -0.25) is 9.69 Å². The zero-order valence-corrected chi connectivity index (χ0v) is 18.0. The normalized spacial score (nSPS) is 15.7. The molecule has 29 heavy (non-hydrogen) atoms. The van der Waals surface area contributed by atoms with Gasteiger partial charge in [-0.25, -0.2) is 4.98 Å². The van der Waals surface area contributed by atoms with Crippen molar-refractivity contribution < 1.29 is 19.2 Å². The summed E-state index contributed by atoms with van der Waals surface area (Å²) < 4.78 is 12.9. The fourth-order valence-corrected chi connectivity index (χ4v) is 4.48. The summed E-state index contributed by atoms with van der Waals surface area (Å²) in [6.45, 7) is 5.73. The highest BCUT2D eigenvalue weighted by Crippen LogP contribution is 2.34. The molecule has 0 spiro atoms. The first-order valence-electron chi connectivity index (χ1n) is 9.79. The molecule has 1 amide bonds. The van der Waals surface area contributed by atoms with Crippen LogP contribution in [-0.4, -0.2) is 50.8 Å². The second kappa shape index (κ2) is 8.00. The third-order valence-corrected chi connectivity index (χ3v) is 6.15. The molecule has 152 valence electrons. The molecule has 0 aliphatic carbocycles. The molecule has 0 bridgehead atoms. The zero-order valence-electron chi connectivity index (χ0n) is 17.2. The van der Waals surface area contributed by atoms with Crippen LogP contribution in [0, 0.1) is 13.8 Å². The number of aryl methyl sites for hydroxylation is 2. The molecule has 0 radical (unpaired) electrons. The Hall–Kier alpha value is -2.64. The molecular formula is C22H26N3O3S+. The molecule has 3 aromatic rings. The summed E-state index contributed by atoms with van der Waals surface area (Å²) in [6.07, 6.45) is -0.683. The summed E-state index contributed by atoms with van der Waals surface area (Å²) in [7, 11) is 4.15. The Bertz CT molecular complexity index is 1050. The van der Waals surface area contributed by atoms with Crippen LogP contribution in [0.4, 0.5) is 5.13 Å². The number of likely N-dealkylation sites (N-methyl/N-ethyl adjacent to an activating group) is 1. The van der Waals surface area contributed by atoms with Gasteiger partial charge in [-0.1, -0.05) is 29.5 Å². The van der Waals surface area contributed by atoms with Crippen LogP contribution in [0.5, 0.6) is 11.5 Å². The van der Waals surface area contributed by atoms with E-state index in [0.29, 0.717) is 23.2 Å². The fourth-order valence-electron chi connectivity index (χ4n) is 3.43. The second-order valence-electron chi connectivity index (χ2n) is 7.74. The number of ether oxygens (including phenoxy) is 2. The van der Waals surface area contributed by atoms with E-state index >= 15 is 0 Å². The lowest BCUT2D eigenvalue weighted by atomic mass is 10.1. The van der Waals surface area contributed by atoms with Crippen LogP contribution < -0.4 is 19.3 Å². The predicted octanol–water partition coefficient (Wildman–Crippen LogP) is 2.23. The zero-order chi connectivity index (χ0) is 20.5. The van der Waals surface area contributed by atoms with E-state index in [-0.39, 0.29) is 12.5 Å². The van der Waals surface area contributed by atoms with E-state index in [4.69, 9.17) is 14.5 Å². The Morgan fingerprint density at radius 2 is 2.00 bits per heavy atom. The van der Waals surface area contributed by atoms with E-state index in [1.165, 1.54) is 16.0 Å². The summed E-state index contributed by atoms with van der Waals surface area (Å²) in [4.78, 5) is 21.2. The molecule has 1 atom stereocenters. The average molecular weight is 413 g/mol. The lowest BCUT2D eigenvalue weighted by molar-refractivity contribution is -0.856. The number of anilines is 1. The average Bonchev–Trinajstić information content (AvgIpc) is 3.11. The number of aromatic nitrogens is 1. The molecule has 4 rings (SSSR count). The SMILES string of the molecule is Cc1cc(C)c2sc(N(CC[NH+](C)C)C(=O)[C@H]3COc4ccccc4O3)nc2c1. The van der Waals surface area contributed by atoms with Crippen molar-refractivity contribution in [3.05, 3.63) is 47.5 Å². The van der Waals surface area contributed by atoms with Crippen LogP contribution in [0.2, 0.25) is 0 Å². The third-order valence-electron chi connectivity index (χ3n) is 4.93. The largest absolute Gasteiger partial charge is 0.485 e. The molecule has 6 nitrogen and oxygen atoms in total. The number of fused-ring (bicyclic) bond motifs is 2. The van der Waals surface area contributed by atoms with Crippen molar-refractivity contribution in [1.29, 1.82) is 0 Å². The topological polar surface area (TPSA) is 56.1 Å². The first-order valence-corrected chi connectivity index (χ1v) is 10.6. The van der Waals surface area contributed by atoms with Gasteiger partial charge in [-0.15, -0.1) is 0 Å². The van der Waals surface area contributed by atoms with Gasteiger partial charge in [0.1, 0.15) is 6.61 Å². The van der Waals surface area contributed by atoms with Gasteiger partial charge < -0.3 is 14.4 Å². The van der Waals surface area contributed by atoms with Gasteiger partial charge in [0, 0.05) is 0 Å². The van der Waals surface area contributed by atoms with Crippen LogP contribution in [0.3, 0.4) is 0 Å². The van der Waals surface area contributed by atoms with E-state index in [2.05, 4.69) is 40.1 Å². The molecule has 0 fully saturated rings. The Labute approximate surface area is 174 Å². The second-order valence-corrected chi connectivity index (χ2v) is 8.72. The molecule has 2 aromatic carbocycles. The lowest BCUT2D eigenvalue weighted by Crippen LogP contribution is -3.06.